The molecule has 0 aliphatic heterocycles. The molecule has 0 spiro atoms. The largest absolute Gasteiger partial charge is 0.445 e. The molecule has 0 fully saturated rings. The molecule has 1 aromatic heterocycles. The van der Waals surface area contributed by atoms with Gasteiger partial charge in [0, 0.05) is 47.4 Å². The molecule has 1 aliphatic rings. The first kappa shape index (κ1) is 49.9. The number of amides is 5. The Morgan fingerprint density at radius 3 is 2.07 bits per heavy atom. The first-order valence-electron chi connectivity index (χ1n) is 21.6. The van der Waals surface area contributed by atoms with Crippen molar-refractivity contribution in [2.75, 3.05) is 29.3 Å². The number of carbonyl (C=O) groups excluding carboxylic acids is 6. The summed E-state index contributed by atoms with van der Waals surface area (Å²) >= 11 is 0. The number of alkyl carbamates (subject to hydrolysis) is 2. The number of hydrogen-bond acceptors (Lipinski definition) is 10. The van der Waals surface area contributed by atoms with Crippen LogP contribution in [0.5, 0.6) is 0 Å². The number of para-hydroxylation sites is 2. The zero-order valence-electron chi connectivity index (χ0n) is 38.3. The maximum atomic E-state index is 13.2. The van der Waals surface area contributed by atoms with Crippen LogP contribution in [0.15, 0.2) is 156 Å². The second-order valence-electron chi connectivity index (χ2n) is 16.4. The second kappa shape index (κ2) is 24.8. The van der Waals surface area contributed by atoms with Gasteiger partial charge in [0.25, 0.3) is 11.8 Å². The number of allylic oxidation sites excluding steroid dienone is 9. The van der Waals surface area contributed by atoms with Crippen molar-refractivity contribution in [2.24, 2.45) is 5.41 Å². The Morgan fingerprint density at radius 1 is 0.716 bits per heavy atom. The molecule has 0 saturated heterocycles. The Bertz CT molecular complexity index is 2560. The average Bonchev–Trinajstić information content (AvgIpc) is 3.30. The molecule has 67 heavy (non-hydrogen) atoms. The van der Waals surface area contributed by atoms with Crippen molar-refractivity contribution in [1.82, 2.24) is 15.6 Å². The lowest BCUT2D eigenvalue weighted by Gasteiger charge is -2.32. The summed E-state index contributed by atoms with van der Waals surface area (Å²) in [6.45, 7) is 9.67. The molecule has 5 rings (SSSR count). The smallest absolute Gasteiger partial charge is 0.410 e. The van der Waals surface area contributed by atoms with E-state index in [-0.39, 0.29) is 35.7 Å². The number of ether oxygens (including phenoxy) is 3. The topological polar surface area (TPSA) is 203 Å². The summed E-state index contributed by atoms with van der Waals surface area (Å²) in [6, 6.07) is 23.0. The molecule has 0 unspecified atom stereocenters. The van der Waals surface area contributed by atoms with Crippen LogP contribution in [0.1, 0.15) is 85.7 Å². The number of pyridine rings is 1. The molecule has 3 aromatic carbocycles. The van der Waals surface area contributed by atoms with Crippen LogP contribution in [-0.2, 0) is 37.0 Å². The van der Waals surface area contributed by atoms with Crippen LogP contribution >= 0.6 is 0 Å². The summed E-state index contributed by atoms with van der Waals surface area (Å²) < 4.78 is 15.0. The first-order chi connectivity index (χ1) is 32.1. The van der Waals surface area contributed by atoms with Gasteiger partial charge in [-0.05, 0) is 117 Å². The standard InChI is InChI=1S/C52H56N6O9/c1-35(17-26-43-37(3)13-9-27-52(43,4)5)11-8-12-36(2)29-47(60)66-34-67-51(64)55-32-46(59)57-44-15-6-7-16-45(44)58-49(62)41-22-24-42(25-23-41)56-48(61)40-20-18-38(19-21-40)31-54-50(63)65-33-39-14-10-28-53-30-39/h6-8,10-12,14-26,28-30H,9,13,27,31-34H2,1-5H3,(H,54,63)(H,55,64)(H,56,61)(H,57,59)(H,58,62). The predicted molar refractivity (Wildman–Crippen MR) is 257 cm³/mol. The van der Waals surface area contributed by atoms with Crippen molar-refractivity contribution in [2.45, 2.75) is 67.0 Å². The minimum atomic E-state index is -0.985. The molecular weight excluding hydrogens is 853 g/mol. The third kappa shape index (κ3) is 16.8. The summed E-state index contributed by atoms with van der Waals surface area (Å²) in [5.41, 5.74) is 7.88. The van der Waals surface area contributed by atoms with E-state index in [1.807, 2.05) is 19.1 Å². The number of hydrogen-bond donors (Lipinski definition) is 5. The van der Waals surface area contributed by atoms with Crippen molar-refractivity contribution in [3.8, 4) is 0 Å². The highest BCUT2D eigenvalue weighted by Gasteiger charge is 2.26. The molecule has 15 nitrogen and oxygen atoms in total. The van der Waals surface area contributed by atoms with Gasteiger partial charge in [0.15, 0.2) is 0 Å². The molecule has 5 amide bonds. The van der Waals surface area contributed by atoms with E-state index in [2.05, 4.69) is 64.5 Å². The van der Waals surface area contributed by atoms with E-state index in [0.29, 0.717) is 22.5 Å². The zero-order valence-corrected chi connectivity index (χ0v) is 38.3. The SMILES string of the molecule is CC(C=CC1=C(C)CCCC1(C)C)=CC=CC(C)=CC(=O)OCOC(=O)NCC(=O)Nc1ccccc1NC(=O)c1ccc(NC(=O)c2ccc(CNC(=O)OCc3cccnc3)cc2)cc1. The summed E-state index contributed by atoms with van der Waals surface area (Å²) in [5.74, 6) is -2.18. The Balaban J connectivity index is 0.992. The zero-order chi connectivity index (χ0) is 48.2. The molecule has 4 aromatic rings. The minimum Gasteiger partial charge on any atom is -0.445 e. The molecular formula is C52H56N6O9. The summed E-state index contributed by atoms with van der Waals surface area (Å²) in [6.07, 6.45) is 16.3. The van der Waals surface area contributed by atoms with Crippen LogP contribution in [0.4, 0.5) is 26.7 Å². The van der Waals surface area contributed by atoms with Crippen LogP contribution in [0.3, 0.4) is 0 Å². The minimum absolute atomic E-state index is 0.0942. The average molecular weight is 909 g/mol. The maximum Gasteiger partial charge on any atom is 0.410 e. The lowest BCUT2D eigenvalue weighted by molar-refractivity contribution is -0.145. The highest BCUT2D eigenvalue weighted by atomic mass is 16.7. The van der Waals surface area contributed by atoms with E-state index in [1.165, 1.54) is 42.2 Å². The van der Waals surface area contributed by atoms with Gasteiger partial charge in [-0.1, -0.05) is 85.7 Å². The molecule has 0 saturated carbocycles. The summed E-state index contributed by atoms with van der Waals surface area (Å²) in [7, 11) is 0. The molecule has 5 N–H and O–H groups in total. The fourth-order valence-corrected chi connectivity index (χ4v) is 6.88. The van der Waals surface area contributed by atoms with Crippen molar-refractivity contribution in [3.63, 3.8) is 0 Å². The molecule has 15 heteroatoms. The molecule has 1 heterocycles. The fraction of sp³-hybridized carbons (Fsp3) is 0.250. The van der Waals surface area contributed by atoms with Crippen molar-refractivity contribution in [3.05, 3.63) is 178 Å². The lowest BCUT2D eigenvalue weighted by atomic mass is 9.72. The van der Waals surface area contributed by atoms with Crippen LogP contribution in [0.2, 0.25) is 0 Å². The number of esters is 1. The second-order valence-corrected chi connectivity index (χ2v) is 16.4. The van der Waals surface area contributed by atoms with Crippen molar-refractivity contribution >= 4 is 52.9 Å². The van der Waals surface area contributed by atoms with Gasteiger partial charge in [0.1, 0.15) is 13.2 Å². The van der Waals surface area contributed by atoms with Crippen molar-refractivity contribution < 1.29 is 43.0 Å². The molecule has 0 atom stereocenters. The number of anilines is 3. The fourth-order valence-electron chi connectivity index (χ4n) is 6.88. The number of nitrogens with zero attached hydrogens (tertiary/aromatic N) is 1. The normalized spacial score (nSPS) is 13.7. The number of aromatic nitrogens is 1. The van der Waals surface area contributed by atoms with Gasteiger partial charge in [-0.15, -0.1) is 0 Å². The lowest BCUT2D eigenvalue weighted by Crippen LogP contribution is -2.34. The van der Waals surface area contributed by atoms with Crippen LogP contribution in [-0.4, -0.2) is 54.2 Å². The van der Waals surface area contributed by atoms with Crippen LogP contribution in [0.25, 0.3) is 0 Å². The Hall–Kier alpha value is -8.07. The van der Waals surface area contributed by atoms with E-state index in [9.17, 15) is 28.8 Å². The number of carbonyl (C=O) groups is 6. The summed E-state index contributed by atoms with van der Waals surface area (Å²) in [4.78, 5) is 79.3. The molecule has 348 valence electrons. The van der Waals surface area contributed by atoms with Gasteiger partial charge >= 0.3 is 18.2 Å². The first-order valence-corrected chi connectivity index (χ1v) is 21.6. The van der Waals surface area contributed by atoms with Crippen LogP contribution < -0.4 is 26.6 Å². The van der Waals surface area contributed by atoms with E-state index in [1.54, 1.807) is 98.2 Å². The molecule has 0 radical (unpaired) electrons. The van der Waals surface area contributed by atoms with Gasteiger partial charge in [-0.2, -0.15) is 0 Å². The molecule has 1 aliphatic carbocycles. The van der Waals surface area contributed by atoms with E-state index in [0.717, 1.165) is 23.1 Å². The highest BCUT2D eigenvalue weighted by molar-refractivity contribution is 6.08. The van der Waals surface area contributed by atoms with E-state index in [4.69, 9.17) is 14.2 Å². The number of benzene rings is 3. The Kier molecular flexibility index (Phi) is 18.5. The van der Waals surface area contributed by atoms with Gasteiger partial charge < -0.3 is 40.8 Å². The Morgan fingerprint density at radius 2 is 1.39 bits per heavy atom. The van der Waals surface area contributed by atoms with Gasteiger partial charge in [0.2, 0.25) is 12.7 Å². The Labute approximate surface area is 390 Å². The van der Waals surface area contributed by atoms with Crippen LogP contribution in [0, 0.1) is 5.41 Å². The maximum absolute atomic E-state index is 13.2. The van der Waals surface area contributed by atoms with E-state index < -0.39 is 43.3 Å². The van der Waals surface area contributed by atoms with E-state index >= 15 is 0 Å². The predicted octanol–water partition coefficient (Wildman–Crippen LogP) is 9.71. The van der Waals surface area contributed by atoms with Gasteiger partial charge in [0.05, 0.1) is 11.4 Å². The third-order valence-electron chi connectivity index (χ3n) is 10.5. The highest BCUT2D eigenvalue weighted by Crippen LogP contribution is 2.40. The van der Waals surface area contributed by atoms with Gasteiger partial charge in [-0.3, -0.25) is 19.4 Å². The number of nitrogens with one attached hydrogen (secondary N) is 5. The number of rotatable bonds is 18. The quantitative estimate of drug-likeness (QED) is 0.0277. The monoisotopic (exact) mass is 908 g/mol. The van der Waals surface area contributed by atoms with Crippen molar-refractivity contribution in [1.29, 1.82) is 0 Å². The summed E-state index contributed by atoms with van der Waals surface area (Å²) in [5, 5.41) is 13.1. The molecule has 0 bridgehead atoms. The third-order valence-corrected chi connectivity index (χ3v) is 10.5. The van der Waals surface area contributed by atoms with Gasteiger partial charge in [-0.25, -0.2) is 14.4 Å².